The minimum Gasteiger partial charge on any atom is -0.435 e. The summed E-state index contributed by atoms with van der Waals surface area (Å²) in [5, 5.41) is 6.23. The van der Waals surface area contributed by atoms with Gasteiger partial charge in [-0.15, -0.1) is 0 Å². The number of anilines is 3. The number of rotatable bonds is 4. The molecule has 0 bridgehead atoms. The smallest absolute Gasteiger partial charge is 0.291 e. The maximum Gasteiger partial charge on any atom is 0.291 e. The van der Waals surface area contributed by atoms with E-state index in [-0.39, 0.29) is 17.6 Å². The topological polar surface area (TPSA) is 90.7 Å². The first-order valence-electron chi connectivity index (χ1n) is 10.4. The zero-order chi connectivity index (χ0) is 21.2. The van der Waals surface area contributed by atoms with Crippen LogP contribution < -0.4 is 20.4 Å². The Bertz CT molecular complexity index is 1120. The number of benzene rings is 1. The first-order chi connectivity index (χ1) is 15.2. The number of nitrogens with one attached hydrogen (secondary N) is 2. The van der Waals surface area contributed by atoms with Crippen LogP contribution in [0.25, 0.3) is 0 Å². The normalized spacial score (nSPS) is 16.2. The van der Waals surface area contributed by atoms with Crippen LogP contribution in [0.15, 0.2) is 59.3 Å². The van der Waals surface area contributed by atoms with Gasteiger partial charge in [0.05, 0.1) is 30.5 Å². The van der Waals surface area contributed by atoms with E-state index in [0.29, 0.717) is 24.5 Å². The Morgan fingerprint density at radius 1 is 1.06 bits per heavy atom. The largest absolute Gasteiger partial charge is 0.435 e. The molecule has 2 aromatic heterocycles. The van der Waals surface area contributed by atoms with E-state index in [1.165, 1.54) is 0 Å². The van der Waals surface area contributed by atoms with Crippen LogP contribution in [0, 0.1) is 0 Å². The van der Waals surface area contributed by atoms with Crippen molar-refractivity contribution in [1.82, 2.24) is 10.3 Å². The fourth-order valence-corrected chi connectivity index (χ4v) is 4.05. The highest BCUT2D eigenvalue weighted by molar-refractivity contribution is 6.04. The van der Waals surface area contributed by atoms with Crippen molar-refractivity contribution in [3.63, 3.8) is 0 Å². The summed E-state index contributed by atoms with van der Waals surface area (Å²) in [6.45, 7) is 3.93. The van der Waals surface area contributed by atoms with Gasteiger partial charge in [-0.3, -0.25) is 19.5 Å². The SMILES string of the molecule is O=C(Nc1cnccc1N1CCNCC1)c1ccc(N2Cc3ccccc3CC2=O)o1. The maximum atomic E-state index is 12.9. The fraction of sp³-hybridized carbons (Fsp3) is 0.261. The molecule has 1 aromatic carbocycles. The summed E-state index contributed by atoms with van der Waals surface area (Å²) in [6, 6.07) is 13.0. The molecule has 1 fully saturated rings. The molecule has 8 nitrogen and oxygen atoms in total. The second kappa shape index (κ2) is 8.23. The van der Waals surface area contributed by atoms with Crippen LogP contribution in [0.5, 0.6) is 0 Å². The third kappa shape index (κ3) is 3.89. The summed E-state index contributed by atoms with van der Waals surface area (Å²) in [4.78, 5) is 33.4. The summed E-state index contributed by atoms with van der Waals surface area (Å²) >= 11 is 0. The third-order valence-electron chi connectivity index (χ3n) is 5.68. The van der Waals surface area contributed by atoms with Crippen LogP contribution in [0.3, 0.4) is 0 Å². The highest BCUT2D eigenvalue weighted by atomic mass is 16.4. The Hall–Kier alpha value is -3.65. The molecule has 2 N–H and O–H groups in total. The Morgan fingerprint density at radius 3 is 2.71 bits per heavy atom. The van der Waals surface area contributed by atoms with E-state index in [0.717, 1.165) is 43.0 Å². The fourth-order valence-electron chi connectivity index (χ4n) is 4.05. The number of amides is 2. The number of piperazine rings is 1. The van der Waals surface area contributed by atoms with Crippen molar-refractivity contribution < 1.29 is 14.0 Å². The zero-order valence-corrected chi connectivity index (χ0v) is 17.0. The van der Waals surface area contributed by atoms with Gasteiger partial charge < -0.3 is 20.0 Å². The molecular formula is C23H23N5O3. The molecule has 158 valence electrons. The van der Waals surface area contributed by atoms with Crippen LogP contribution in [-0.4, -0.2) is 43.0 Å². The van der Waals surface area contributed by atoms with Crippen molar-refractivity contribution in [1.29, 1.82) is 0 Å². The number of hydrogen-bond acceptors (Lipinski definition) is 6. The third-order valence-corrected chi connectivity index (χ3v) is 5.68. The van der Waals surface area contributed by atoms with Gasteiger partial charge in [0.1, 0.15) is 0 Å². The molecule has 2 aliphatic heterocycles. The highest BCUT2D eigenvalue weighted by Gasteiger charge is 2.27. The maximum absolute atomic E-state index is 12.9. The van der Waals surface area contributed by atoms with E-state index in [2.05, 4.69) is 20.5 Å². The molecule has 0 saturated carbocycles. The molecule has 3 aromatic rings. The van der Waals surface area contributed by atoms with Gasteiger partial charge in [0.15, 0.2) is 5.76 Å². The molecule has 2 amide bonds. The second-order valence-corrected chi connectivity index (χ2v) is 7.65. The molecule has 0 unspecified atom stereocenters. The van der Waals surface area contributed by atoms with Crippen molar-refractivity contribution >= 4 is 29.1 Å². The van der Waals surface area contributed by atoms with E-state index < -0.39 is 0 Å². The van der Waals surface area contributed by atoms with Gasteiger partial charge in [-0.05, 0) is 23.3 Å². The molecule has 1 saturated heterocycles. The number of carbonyl (C=O) groups is 2. The molecule has 5 rings (SSSR count). The number of aromatic nitrogens is 1. The zero-order valence-electron chi connectivity index (χ0n) is 17.0. The molecule has 8 heteroatoms. The van der Waals surface area contributed by atoms with Crippen LogP contribution in [-0.2, 0) is 17.8 Å². The summed E-state index contributed by atoms with van der Waals surface area (Å²) in [5.74, 6) is 0.101. The summed E-state index contributed by atoms with van der Waals surface area (Å²) < 4.78 is 5.78. The van der Waals surface area contributed by atoms with Gasteiger partial charge in [-0.25, -0.2) is 0 Å². The van der Waals surface area contributed by atoms with Gasteiger partial charge in [0.25, 0.3) is 5.91 Å². The minimum absolute atomic E-state index is 0.0479. The van der Waals surface area contributed by atoms with Gasteiger partial charge in [-0.2, -0.15) is 0 Å². The van der Waals surface area contributed by atoms with E-state index in [4.69, 9.17) is 4.42 Å². The number of carbonyl (C=O) groups excluding carboxylic acids is 2. The lowest BCUT2D eigenvalue weighted by Crippen LogP contribution is -2.43. The predicted molar refractivity (Wildman–Crippen MR) is 117 cm³/mol. The average Bonchev–Trinajstić information content (AvgIpc) is 3.30. The molecular weight excluding hydrogens is 394 g/mol. The van der Waals surface area contributed by atoms with Gasteiger partial charge in [0, 0.05) is 38.4 Å². The van der Waals surface area contributed by atoms with E-state index in [9.17, 15) is 9.59 Å². The Kier molecular flexibility index (Phi) is 5.13. The molecule has 0 radical (unpaired) electrons. The number of furan rings is 1. The average molecular weight is 417 g/mol. The molecule has 0 spiro atoms. The number of nitrogens with zero attached hydrogens (tertiary/aromatic N) is 3. The molecule has 31 heavy (non-hydrogen) atoms. The second-order valence-electron chi connectivity index (χ2n) is 7.65. The molecule has 4 heterocycles. The first kappa shape index (κ1) is 19.3. The van der Waals surface area contributed by atoms with Crippen molar-refractivity contribution in [2.45, 2.75) is 13.0 Å². The Balaban J connectivity index is 1.33. The molecule has 0 atom stereocenters. The van der Waals surface area contributed by atoms with Gasteiger partial charge in [-0.1, -0.05) is 24.3 Å². The van der Waals surface area contributed by atoms with Crippen molar-refractivity contribution in [2.75, 3.05) is 41.3 Å². The van der Waals surface area contributed by atoms with E-state index >= 15 is 0 Å². The van der Waals surface area contributed by atoms with Crippen LogP contribution in [0.1, 0.15) is 21.7 Å². The van der Waals surface area contributed by atoms with E-state index in [1.807, 2.05) is 30.3 Å². The lowest BCUT2D eigenvalue weighted by molar-refractivity contribution is -0.118. The van der Waals surface area contributed by atoms with E-state index in [1.54, 1.807) is 29.4 Å². The predicted octanol–water partition coefficient (Wildman–Crippen LogP) is 2.43. The highest BCUT2D eigenvalue weighted by Crippen LogP contribution is 2.29. The number of fused-ring (bicyclic) bond motifs is 1. The molecule has 2 aliphatic rings. The standard InChI is InChI=1S/C23H23N5O3/c29-21-13-16-3-1-2-4-17(16)15-28(21)22-6-5-20(31-22)23(30)26-18-14-25-8-7-19(18)27-11-9-24-10-12-27/h1-8,14,24H,9-13,15H2,(H,26,30). The minimum atomic E-state index is -0.375. The summed E-state index contributed by atoms with van der Waals surface area (Å²) in [7, 11) is 0. The lowest BCUT2D eigenvalue weighted by Gasteiger charge is -2.30. The van der Waals surface area contributed by atoms with Crippen LogP contribution >= 0.6 is 0 Å². The summed E-state index contributed by atoms with van der Waals surface area (Å²) in [5.41, 5.74) is 3.68. The number of pyridine rings is 1. The van der Waals surface area contributed by atoms with Crippen LogP contribution in [0.4, 0.5) is 17.3 Å². The summed E-state index contributed by atoms with van der Waals surface area (Å²) in [6.07, 6.45) is 3.68. The van der Waals surface area contributed by atoms with Crippen molar-refractivity contribution in [3.05, 3.63) is 71.7 Å². The quantitative estimate of drug-likeness (QED) is 0.678. The first-order valence-corrected chi connectivity index (χ1v) is 10.4. The Morgan fingerprint density at radius 2 is 1.87 bits per heavy atom. The van der Waals surface area contributed by atoms with Gasteiger partial charge in [0.2, 0.25) is 11.8 Å². The molecule has 0 aliphatic carbocycles. The lowest BCUT2D eigenvalue weighted by atomic mass is 9.99. The van der Waals surface area contributed by atoms with Gasteiger partial charge >= 0.3 is 0 Å². The van der Waals surface area contributed by atoms with Crippen molar-refractivity contribution in [3.8, 4) is 0 Å². The monoisotopic (exact) mass is 417 g/mol. The van der Waals surface area contributed by atoms with Crippen LogP contribution in [0.2, 0.25) is 0 Å². The number of hydrogen-bond donors (Lipinski definition) is 2. The van der Waals surface area contributed by atoms with Crippen molar-refractivity contribution in [2.24, 2.45) is 0 Å². The Labute approximate surface area is 179 Å².